The first-order valence-corrected chi connectivity index (χ1v) is 14.2. The van der Waals surface area contributed by atoms with E-state index in [-0.39, 0.29) is 76.7 Å². The molecule has 17 nitrogen and oxygen atoms in total. The molecule has 252 valence electrons. The van der Waals surface area contributed by atoms with Crippen LogP contribution >= 0.6 is 0 Å². The summed E-state index contributed by atoms with van der Waals surface area (Å²) in [5, 5.41) is 59.1. The average Bonchev–Trinajstić information content (AvgIpc) is 3.03. The monoisotopic (exact) mass is 650 g/mol. The highest BCUT2D eigenvalue weighted by atomic mass is 16.7. The topological polar surface area (TPSA) is 253 Å². The second-order valence-corrected chi connectivity index (χ2v) is 10.4. The number of carbonyl (C=O) groups excluding carboxylic acids is 1. The van der Waals surface area contributed by atoms with Crippen molar-refractivity contribution in [3.63, 3.8) is 0 Å². The van der Waals surface area contributed by atoms with Gasteiger partial charge in [-0.15, -0.1) is 0 Å². The number of hydrogen-bond acceptors (Lipinski definition) is 14. The number of carbonyl (C=O) groups is 2. The van der Waals surface area contributed by atoms with Crippen LogP contribution in [-0.2, 0) is 15.9 Å². The molecule has 1 spiro atoms. The number of phenolic OH excluding ortho intramolecular Hbond substituents is 1. The standard InChI is InChI=1S/C29H38N4O13/c1-5-32-16-10-18(17(9-15(16)25(38)39)44-12-33-28(30)31-2)45-27-22(36)21(35)24(37)29(46-27)7-6-13-14(26(40)43-11-29)8-19(41-3)20(34)23(13)42-4/h8-10,21-22,24,27,32,34-37H,5-7,11-12H2,1-4H3,(H,38,39)(H3,30,31,33). The Balaban J connectivity index is 1.71. The molecule has 5 atom stereocenters. The summed E-state index contributed by atoms with van der Waals surface area (Å²) in [6.45, 7) is 1.28. The Hall–Kier alpha value is -4.71. The summed E-state index contributed by atoms with van der Waals surface area (Å²) >= 11 is 0. The molecular weight excluding hydrogens is 612 g/mol. The number of aromatic carboxylic acids is 1. The van der Waals surface area contributed by atoms with Gasteiger partial charge in [0.05, 0.1) is 31.0 Å². The summed E-state index contributed by atoms with van der Waals surface area (Å²) in [4.78, 5) is 28.9. The Morgan fingerprint density at radius 1 is 1.13 bits per heavy atom. The highest BCUT2D eigenvalue weighted by Crippen LogP contribution is 2.45. The van der Waals surface area contributed by atoms with Gasteiger partial charge < -0.3 is 70.3 Å². The Kier molecular flexibility index (Phi) is 10.5. The number of carboxylic acids is 1. The molecule has 1 saturated heterocycles. The van der Waals surface area contributed by atoms with Crippen molar-refractivity contribution in [2.45, 2.75) is 50.0 Å². The number of carboxylic acid groups (broad SMARTS) is 1. The number of nitrogens with one attached hydrogen (secondary N) is 2. The lowest BCUT2D eigenvalue weighted by atomic mass is 9.81. The van der Waals surface area contributed by atoms with E-state index < -0.39 is 48.7 Å². The molecule has 2 aliphatic rings. The first kappa shape index (κ1) is 34.2. The maximum atomic E-state index is 13.2. The van der Waals surface area contributed by atoms with Crippen molar-refractivity contribution in [1.82, 2.24) is 5.32 Å². The van der Waals surface area contributed by atoms with E-state index in [1.54, 1.807) is 6.92 Å². The van der Waals surface area contributed by atoms with E-state index in [0.717, 1.165) is 0 Å². The second kappa shape index (κ2) is 14.2. The lowest BCUT2D eigenvalue weighted by molar-refractivity contribution is -0.320. The number of benzene rings is 2. The molecule has 0 radical (unpaired) electrons. The van der Waals surface area contributed by atoms with Gasteiger partial charge in [-0.1, -0.05) is 0 Å². The van der Waals surface area contributed by atoms with Crippen LogP contribution < -0.4 is 35.3 Å². The Bertz CT molecular complexity index is 1490. The molecule has 0 bridgehead atoms. The Morgan fingerprint density at radius 2 is 1.87 bits per heavy atom. The molecule has 0 aliphatic carbocycles. The SMILES string of the molecule is CCNc1cc(OC2OC3(CCc4c(cc(OC)c(O)c4OC)C(=O)OC3)C(O)C(O)C2O)c(OCNC(N)=NC)cc1C(=O)O. The van der Waals surface area contributed by atoms with Gasteiger partial charge in [-0.25, -0.2) is 9.59 Å². The van der Waals surface area contributed by atoms with Crippen molar-refractivity contribution in [2.75, 3.05) is 46.5 Å². The first-order valence-electron chi connectivity index (χ1n) is 14.2. The molecule has 46 heavy (non-hydrogen) atoms. The number of aliphatic hydroxyl groups is 3. The quantitative estimate of drug-likeness (QED) is 0.0715. The predicted molar refractivity (Wildman–Crippen MR) is 160 cm³/mol. The second-order valence-electron chi connectivity index (χ2n) is 10.4. The summed E-state index contributed by atoms with van der Waals surface area (Å²) in [5.74, 6) is -2.72. The fraction of sp³-hybridized carbons (Fsp3) is 0.483. The van der Waals surface area contributed by atoms with Crippen molar-refractivity contribution in [2.24, 2.45) is 10.7 Å². The first-order chi connectivity index (χ1) is 21.9. The van der Waals surface area contributed by atoms with Gasteiger partial charge in [-0.2, -0.15) is 0 Å². The average molecular weight is 651 g/mol. The van der Waals surface area contributed by atoms with Crippen LogP contribution in [0.2, 0.25) is 0 Å². The number of aliphatic imine (C=N–C) groups is 1. The van der Waals surface area contributed by atoms with Crippen molar-refractivity contribution in [1.29, 1.82) is 0 Å². The minimum atomic E-state index is -1.85. The Labute approximate surface area is 263 Å². The smallest absolute Gasteiger partial charge is 0.338 e. The van der Waals surface area contributed by atoms with Crippen LogP contribution in [0.25, 0.3) is 0 Å². The van der Waals surface area contributed by atoms with Crippen LogP contribution in [0, 0.1) is 0 Å². The number of cyclic esters (lactones) is 1. The number of rotatable bonds is 10. The maximum absolute atomic E-state index is 13.2. The minimum Gasteiger partial charge on any atom is -0.502 e. The van der Waals surface area contributed by atoms with Gasteiger partial charge >= 0.3 is 11.9 Å². The van der Waals surface area contributed by atoms with Crippen LogP contribution in [0.5, 0.6) is 28.7 Å². The van der Waals surface area contributed by atoms with Gasteiger partial charge in [0.15, 0.2) is 35.7 Å². The summed E-state index contributed by atoms with van der Waals surface area (Å²) in [7, 11) is 4.05. The van der Waals surface area contributed by atoms with E-state index in [4.69, 9.17) is 34.2 Å². The van der Waals surface area contributed by atoms with Gasteiger partial charge in [0.25, 0.3) is 0 Å². The van der Waals surface area contributed by atoms with Crippen molar-refractivity contribution < 1.29 is 63.5 Å². The van der Waals surface area contributed by atoms with Crippen molar-refractivity contribution >= 4 is 23.6 Å². The fourth-order valence-corrected chi connectivity index (χ4v) is 5.26. The molecular formula is C29H38N4O13. The molecule has 0 aromatic heterocycles. The number of hydrogen-bond donors (Lipinski definition) is 8. The van der Waals surface area contributed by atoms with Gasteiger partial charge in [0.2, 0.25) is 12.0 Å². The maximum Gasteiger partial charge on any atom is 0.338 e. The summed E-state index contributed by atoms with van der Waals surface area (Å²) < 4.78 is 33.8. The lowest BCUT2D eigenvalue weighted by Crippen LogP contribution is -2.67. The lowest BCUT2D eigenvalue weighted by Gasteiger charge is -2.48. The zero-order valence-electron chi connectivity index (χ0n) is 25.6. The third-order valence-electron chi connectivity index (χ3n) is 7.70. The van der Waals surface area contributed by atoms with E-state index in [1.807, 2.05) is 0 Å². The number of phenols is 1. The number of anilines is 1. The number of guanidine groups is 1. The molecule has 17 heteroatoms. The molecule has 4 rings (SSSR count). The fourth-order valence-electron chi connectivity index (χ4n) is 5.26. The minimum absolute atomic E-state index is 0.0178. The number of aliphatic hydroxyl groups excluding tert-OH is 3. The molecule has 2 aliphatic heterocycles. The van der Waals surface area contributed by atoms with E-state index in [0.29, 0.717) is 6.54 Å². The van der Waals surface area contributed by atoms with Crippen LogP contribution in [0.4, 0.5) is 5.69 Å². The molecule has 9 N–H and O–H groups in total. The van der Waals surface area contributed by atoms with Gasteiger partial charge in [-0.05, 0) is 25.8 Å². The third-order valence-corrected chi connectivity index (χ3v) is 7.70. The van der Waals surface area contributed by atoms with E-state index in [2.05, 4.69) is 15.6 Å². The normalized spacial score (nSPS) is 24.6. The largest absolute Gasteiger partial charge is 0.502 e. The van der Waals surface area contributed by atoms with Gasteiger partial charge in [0.1, 0.15) is 30.5 Å². The molecule has 5 unspecified atom stereocenters. The predicted octanol–water partition coefficient (Wildman–Crippen LogP) is -0.230. The van der Waals surface area contributed by atoms with Gasteiger partial charge in [0, 0.05) is 31.3 Å². The zero-order chi connectivity index (χ0) is 33.8. The molecule has 2 heterocycles. The van der Waals surface area contributed by atoms with Crippen molar-refractivity contribution in [3.05, 3.63) is 34.9 Å². The van der Waals surface area contributed by atoms with Crippen LogP contribution in [0.15, 0.2) is 23.2 Å². The molecule has 2 aromatic rings. The molecule has 0 amide bonds. The van der Waals surface area contributed by atoms with E-state index in [1.165, 1.54) is 39.5 Å². The molecule has 2 aromatic carbocycles. The number of nitrogens with zero attached hydrogens (tertiary/aromatic N) is 1. The zero-order valence-corrected chi connectivity index (χ0v) is 25.6. The summed E-state index contributed by atoms with van der Waals surface area (Å²) in [6, 6.07) is 3.80. The summed E-state index contributed by atoms with van der Waals surface area (Å²) in [5.41, 5.74) is 4.11. The highest BCUT2D eigenvalue weighted by molar-refractivity contribution is 5.95. The van der Waals surface area contributed by atoms with Gasteiger partial charge in [-0.3, -0.25) is 4.99 Å². The van der Waals surface area contributed by atoms with E-state index in [9.17, 15) is 35.1 Å². The number of nitrogens with two attached hydrogens (primary N) is 1. The molecule has 1 fully saturated rings. The third kappa shape index (κ3) is 6.62. The Morgan fingerprint density at radius 3 is 2.50 bits per heavy atom. The van der Waals surface area contributed by atoms with E-state index >= 15 is 0 Å². The number of methoxy groups -OCH3 is 2. The van der Waals surface area contributed by atoms with Crippen molar-refractivity contribution in [3.8, 4) is 28.7 Å². The van der Waals surface area contributed by atoms with Crippen LogP contribution in [0.1, 0.15) is 39.6 Å². The highest BCUT2D eigenvalue weighted by Gasteiger charge is 2.56. The number of fused-ring (bicyclic) bond motifs is 1. The number of ether oxygens (including phenoxy) is 6. The number of esters is 1. The summed E-state index contributed by atoms with van der Waals surface area (Å²) in [6.07, 6.45) is -7.25. The number of aromatic hydroxyl groups is 1. The molecule has 0 saturated carbocycles. The van der Waals surface area contributed by atoms with Crippen LogP contribution in [-0.4, -0.2) is 115 Å². The van der Waals surface area contributed by atoms with Crippen LogP contribution in [0.3, 0.4) is 0 Å².